The van der Waals surface area contributed by atoms with Crippen LogP contribution in [0, 0.1) is 27.1 Å². The van der Waals surface area contributed by atoms with Crippen LogP contribution in [0.1, 0.15) is 117 Å². The molecule has 0 N–H and O–H groups in total. The quantitative estimate of drug-likeness (QED) is 0.106. The Hall–Kier alpha value is -0.960. The Kier molecular flexibility index (Phi) is 21.5. The maximum Gasteiger partial charge on any atom is 0.316 e. The van der Waals surface area contributed by atoms with E-state index in [2.05, 4.69) is 57.9 Å². The average Bonchev–Trinajstić information content (AvgIpc) is 2.83. The Morgan fingerprint density at radius 1 is 0.721 bits per heavy atom. The smallest absolute Gasteiger partial charge is 0.316 e. The van der Waals surface area contributed by atoms with E-state index in [1.807, 2.05) is 90.0 Å². The SMILES string of the molecule is CC(C)(C)C/C=C\OC(=O)C(C)(C)C.CC(C)(C)C/C=C\SSCCN1CCOCC1.CC(C)(C)COC(=O)C(C)(C)C. The third-order valence-corrected chi connectivity index (χ3v) is 7.44. The summed E-state index contributed by atoms with van der Waals surface area (Å²) in [7, 11) is 3.81. The van der Waals surface area contributed by atoms with Crippen LogP contribution in [-0.4, -0.2) is 62.0 Å². The van der Waals surface area contributed by atoms with Crippen LogP contribution in [0.25, 0.3) is 0 Å². The zero-order valence-corrected chi connectivity index (χ0v) is 32.1. The minimum Gasteiger partial charge on any atom is -0.465 e. The second-order valence-electron chi connectivity index (χ2n) is 16.7. The van der Waals surface area contributed by atoms with Gasteiger partial charge in [-0.15, -0.1) is 0 Å². The van der Waals surface area contributed by atoms with Gasteiger partial charge in [0, 0.05) is 25.4 Å². The van der Waals surface area contributed by atoms with E-state index in [4.69, 9.17) is 14.2 Å². The number of esters is 2. The highest BCUT2D eigenvalue weighted by molar-refractivity contribution is 8.77. The highest BCUT2D eigenvalue weighted by Gasteiger charge is 2.25. The van der Waals surface area contributed by atoms with Crippen LogP contribution in [-0.2, 0) is 23.8 Å². The van der Waals surface area contributed by atoms with Crippen LogP contribution < -0.4 is 0 Å². The van der Waals surface area contributed by atoms with E-state index in [0.29, 0.717) is 12.0 Å². The van der Waals surface area contributed by atoms with Crippen molar-refractivity contribution < 1.29 is 23.8 Å². The molecule has 254 valence electrons. The zero-order chi connectivity index (χ0) is 34.0. The molecule has 1 aliphatic rings. The maximum absolute atomic E-state index is 11.3. The minimum absolute atomic E-state index is 0.0565. The molecule has 1 fully saturated rings. The predicted octanol–water partition coefficient (Wildman–Crippen LogP) is 9.80. The molecule has 0 amide bonds. The molecule has 0 spiro atoms. The van der Waals surface area contributed by atoms with Gasteiger partial charge in [0.1, 0.15) is 0 Å². The summed E-state index contributed by atoms with van der Waals surface area (Å²) in [5.41, 5.74) is -0.0988. The Morgan fingerprint density at radius 2 is 1.21 bits per heavy atom. The van der Waals surface area contributed by atoms with Crippen molar-refractivity contribution >= 4 is 33.5 Å². The maximum atomic E-state index is 11.3. The lowest BCUT2D eigenvalue weighted by atomic mass is 9.92. The molecule has 1 heterocycles. The van der Waals surface area contributed by atoms with Crippen molar-refractivity contribution in [2.24, 2.45) is 27.1 Å². The lowest BCUT2D eigenvalue weighted by Gasteiger charge is -2.26. The van der Waals surface area contributed by atoms with Crippen molar-refractivity contribution in [3.63, 3.8) is 0 Å². The summed E-state index contributed by atoms with van der Waals surface area (Å²) < 4.78 is 15.4. The first-order valence-electron chi connectivity index (χ1n) is 15.6. The van der Waals surface area contributed by atoms with Crippen LogP contribution in [0.2, 0.25) is 0 Å². The van der Waals surface area contributed by atoms with Gasteiger partial charge >= 0.3 is 11.9 Å². The number of carbonyl (C=O) groups excluding carboxylic acids is 2. The molecule has 8 heteroatoms. The highest BCUT2D eigenvalue weighted by Crippen LogP contribution is 2.25. The fourth-order valence-electron chi connectivity index (χ4n) is 2.71. The number of ether oxygens (including phenoxy) is 3. The fourth-order valence-corrected chi connectivity index (χ4v) is 4.37. The van der Waals surface area contributed by atoms with Gasteiger partial charge in [-0.05, 0) is 82.1 Å². The van der Waals surface area contributed by atoms with Crippen molar-refractivity contribution in [3.8, 4) is 0 Å². The van der Waals surface area contributed by atoms with E-state index in [-0.39, 0.29) is 28.2 Å². The summed E-state index contributed by atoms with van der Waals surface area (Å²) in [4.78, 5) is 25.1. The van der Waals surface area contributed by atoms with Gasteiger partial charge in [0.15, 0.2) is 0 Å². The largest absolute Gasteiger partial charge is 0.465 e. The van der Waals surface area contributed by atoms with Crippen LogP contribution in [0.5, 0.6) is 0 Å². The molecule has 0 aliphatic carbocycles. The summed E-state index contributed by atoms with van der Waals surface area (Å²) >= 11 is 0. The molecule has 0 radical (unpaired) electrons. The fraction of sp³-hybridized carbons (Fsp3) is 0.829. The minimum atomic E-state index is -0.425. The van der Waals surface area contributed by atoms with Gasteiger partial charge in [0.2, 0.25) is 0 Å². The number of nitrogens with zero attached hydrogens (tertiary/aromatic N) is 1. The molecule has 0 aromatic carbocycles. The lowest BCUT2D eigenvalue weighted by molar-refractivity contribution is -0.155. The number of hydrogen-bond acceptors (Lipinski definition) is 8. The molecule has 43 heavy (non-hydrogen) atoms. The van der Waals surface area contributed by atoms with Crippen LogP contribution >= 0.6 is 21.6 Å². The lowest BCUT2D eigenvalue weighted by Crippen LogP contribution is -2.37. The molecule has 0 unspecified atom stereocenters. The summed E-state index contributed by atoms with van der Waals surface area (Å²) in [5.74, 6) is 0.880. The van der Waals surface area contributed by atoms with Gasteiger partial charge in [-0.1, -0.05) is 90.0 Å². The van der Waals surface area contributed by atoms with Crippen molar-refractivity contribution in [2.45, 2.75) is 117 Å². The van der Waals surface area contributed by atoms with Crippen LogP contribution in [0.15, 0.2) is 23.8 Å². The number of allylic oxidation sites excluding steroid dienone is 2. The summed E-state index contributed by atoms with van der Waals surface area (Å²) in [6.07, 6.45) is 7.74. The monoisotopic (exact) mass is 645 g/mol. The molecule has 0 saturated carbocycles. The Bertz CT molecular complexity index is 814. The Morgan fingerprint density at radius 3 is 1.65 bits per heavy atom. The molecule has 0 aromatic heterocycles. The summed E-state index contributed by atoms with van der Waals surface area (Å²) in [5, 5.41) is 2.23. The first-order chi connectivity index (χ1) is 19.3. The standard InChI is InChI=1S/C13H25NOS2.C12H22O2.C10H20O2/c1-13(2,3)5-4-11-16-17-12-8-14-6-9-15-10-7-14;1-11(2,3)8-7-9-14-10(13)12(4,5)6;1-9(2,3)7-12-8(11)10(4,5)6/h4,11H,5-10,12H2,1-3H3;7,9H,8H2,1-6H3;7H2,1-6H3/b11-4-;9-7-;. The topological polar surface area (TPSA) is 65.1 Å². The van der Waals surface area contributed by atoms with E-state index in [0.717, 1.165) is 39.1 Å². The van der Waals surface area contributed by atoms with Gasteiger partial charge < -0.3 is 14.2 Å². The molecular weight excluding hydrogens is 579 g/mol. The number of hydrogen-bond donors (Lipinski definition) is 0. The highest BCUT2D eigenvalue weighted by atomic mass is 33.1. The molecule has 6 nitrogen and oxygen atoms in total. The van der Waals surface area contributed by atoms with Crippen LogP contribution in [0.4, 0.5) is 0 Å². The van der Waals surface area contributed by atoms with Crippen molar-refractivity contribution in [3.05, 3.63) is 23.8 Å². The summed E-state index contributed by atoms with van der Waals surface area (Å²) in [6.45, 7) is 36.2. The van der Waals surface area contributed by atoms with Crippen molar-refractivity contribution in [1.82, 2.24) is 4.90 Å². The normalized spacial score (nSPS) is 15.4. The predicted molar refractivity (Wildman–Crippen MR) is 189 cm³/mol. The van der Waals surface area contributed by atoms with E-state index in [1.54, 1.807) is 0 Å². The van der Waals surface area contributed by atoms with Gasteiger partial charge in [0.25, 0.3) is 0 Å². The second-order valence-corrected chi connectivity index (χ2v) is 19.1. The van der Waals surface area contributed by atoms with Crippen molar-refractivity contribution in [1.29, 1.82) is 0 Å². The molecular formula is C35H67NO5S2. The molecule has 0 atom stereocenters. The van der Waals surface area contributed by atoms with Gasteiger partial charge in [-0.2, -0.15) is 0 Å². The Balaban J connectivity index is 0. The average molecular weight is 646 g/mol. The van der Waals surface area contributed by atoms with Gasteiger partial charge in [0.05, 0.1) is 36.9 Å². The van der Waals surface area contributed by atoms with Gasteiger partial charge in [-0.25, -0.2) is 0 Å². The first-order valence-corrected chi connectivity index (χ1v) is 18.0. The van der Waals surface area contributed by atoms with E-state index < -0.39 is 5.41 Å². The van der Waals surface area contributed by atoms with E-state index in [1.165, 1.54) is 18.6 Å². The van der Waals surface area contributed by atoms with E-state index >= 15 is 0 Å². The Labute approximate surface area is 274 Å². The van der Waals surface area contributed by atoms with E-state index in [9.17, 15) is 9.59 Å². The third-order valence-electron chi connectivity index (χ3n) is 5.41. The van der Waals surface area contributed by atoms with Crippen molar-refractivity contribution in [2.75, 3.05) is 45.2 Å². The molecule has 0 bridgehead atoms. The molecule has 1 rings (SSSR count). The summed E-state index contributed by atoms with van der Waals surface area (Å²) in [6, 6.07) is 0. The number of morpholine rings is 1. The number of rotatable bonds is 9. The molecule has 0 aromatic rings. The zero-order valence-electron chi connectivity index (χ0n) is 30.5. The third kappa shape index (κ3) is 32.3. The van der Waals surface area contributed by atoms with Crippen LogP contribution in [0.3, 0.4) is 0 Å². The first kappa shape index (κ1) is 44.2. The number of carbonyl (C=O) groups is 2. The second kappa shape index (κ2) is 21.0. The molecule has 1 aliphatic heterocycles. The van der Waals surface area contributed by atoms with Gasteiger partial charge in [-0.3, -0.25) is 14.5 Å². The molecule has 1 saturated heterocycles.